The van der Waals surface area contributed by atoms with Crippen LogP contribution < -0.4 is 5.73 Å². The SMILES string of the molecule is CN(C=[Se])C(N)=O. The maximum atomic E-state index is 10.0. The van der Waals surface area contributed by atoms with E-state index in [0.29, 0.717) is 0 Å². The van der Waals surface area contributed by atoms with Crippen molar-refractivity contribution in [2.45, 2.75) is 0 Å². The van der Waals surface area contributed by atoms with Crippen molar-refractivity contribution in [2.24, 2.45) is 5.73 Å². The summed E-state index contributed by atoms with van der Waals surface area (Å²) in [5.41, 5.74) is 4.78. The molecule has 0 radical (unpaired) electrons. The normalized spacial score (nSPS) is 7.57. The quantitative estimate of drug-likeness (QED) is 0.494. The van der Waals surface area contributed by atoms with Crippen LogP contribution in [0.2, 0.25) is 0 Å². The van der Waals surface area contributed by atoms with E-state index in [0.717, 1.165) is 0 Å². The molecule has 40 valence electrons. The Morgan fingerprint density at radius 2 is 2.43 bits per heavy atom. The number of primary amides is 1. The summed E-state index contributed by atoms with van der Waals surface area (Å²) >= 11 is 2.52. The van der Waals surface area contributed by atoms with E-state index in [1.54, 1.807) is 7.05 Å². The number of urea groups is 1. The van der Waals surface area contributed by atoms with E-state index in [2.05, 4.69) is 15.6 Å². The van der Waals surface area contributed by atoms with E-state index in [4.69, 9.17) is 5.73 Å². The molecule has 0 bridgehead atoms. The Bertz CT molecular complexity index is 92.9. The van der Waals surface area contributed by atoms with Crippen molar-refractivity contribution in [3.63, 3.8) is 0 Å². The minimum absolute atomic E-state index is 0.459. The number of hydrogen-bond acceptors (Lipinski definition) is 1. The fraction of sp³-hybridized carbons (Fsp3) is 0.333. The first-order valence-electron chi connectivity index (χ1n) is 1.66. The Morgan fingerprint density at radius 3 is 2.43 bits per heavy atom. The molecule has 0 aliphatic heterocycles. The molecule has 2 N–H and O–H groups in total. The van der Waals surface area contributed by atoms with E-state index >= 15 is 0 Å². The van der Waals surface area contributed by atoms with Gasteiger partial charge in [-0.05, 0) is 0 Å². The van der Waals surface area contributed by atoms with Crippen LogP contribution in [0.5, 0.6) is 0 Å². The van der Waals surface area contributed by atoms with Crippen LogP contribution in [0.4, 0.5) is 4.79 Å². The fourth-order valence-electron chi connectivity index (χ4n) is 0.0519. The zero-order chi connectivity index (χ0) is 5.86. The van der Waals surface area contributed by atoms with Crippen LogP contribution in [0.1, 0.15) is 0 Å². The minimum atomic E-state index is -0.459. The Labute approximate surface area is 49.8 Å². The topological polar surface area (TPSA) is 46.3 Å². The zero-order valence-electron chi connectivity index (χ0n) is 3.92. The zero-order valence-corrected chi connectivity index (χ0v) is 5.63. The third kappa shape index (κ3) is 2.37. The molecule has 7 heavy (non-hydrogen) atoms. The molecule has 0 spiro atoms. The second-order valence-electron chi connectivity index (χ2n) is 1.05. The standard InChI is InChI=1S/C3H6N2OSe/c1-5(2-7)3(4)6/h2H,1H3,(H2,4,6). The van der Waals surface area contributed by atoms with Crippen LogP contribution >= 0.6 is 0 Å². The molecular weight excluding hydrogens is 159 g/mol. The summed E-state index contributed by atoms with van der Waals surface area (Å²) in [5.74, 6) is 0. The van der Waals surface area contributed by atoms with Crippen molar-refractivity contribution in [1.29, 1.82) is 0 Å². The van der Waals surface area contributed by atoms with Crippen LogP contribution in [0.25, 0.3) is 0 Å². The summed E-state index contributed by atoms with van der Waals surface area (Å²) in [5, 5.41) is 1.47. The third-order valence-electron chi connectivity index (χ3n) is 0.506. The molecule has 0 aromatic heterocycles. The maximum absolute atomic E-state index is 10.0. The molecule has 0 saturated heterocycles. The number of carbonyl (C=O) groups excluding carboxylic acids is 1. The molecule has 4 heteroatoms. The van der Waals surface area contributed by atoms with Crippen molar-refractivity contribution in [3.05, 3.63) is 0 Å². The molecule has 0 aromatic rings. The van der Waals surface area contributed by atoms with Gasteiger partial charge < -0.3 is 0 Å². The van der Waals surface area contributed by atoms with E-state index < -0.39 is 6.03 Å². The van der Waals surface area contributed by atoms with Crippen LogP contribution in [-0.4, -0.2) is 38.6 Å². The third-order valence-corrected chi connectivity index (χ3v) is 1.17. The van der Waals surface area contributed by atoms with Crippen molar-refractivity contribution >= 4 is 26.7 Å². The summed E-state index contributed by atoms with van der Waals surface area (Å²) in [6.45, 7) is 0. The van der Waals surface area contributed by atoms with Crippen LogP contribution in [0, 0.1) is 0 Å². The molecule has 0 aliphatic carbocycles. The summed E-state index contributed by atoms with van der Waals surface area (Å²) in [6, 6.07) is -0.459. The summed E-state index contributed by atoms with van der Waals surface area (Å²) in [6.07, 6.45) is 0. The Kier molecular flexibility index (Phi) is 2.64. The molecule has 3 nitrogen and oxygen atoms in total. The molecule has 0 aromatic carbocycles. The first kappa shape index (κ1) is 6.66. The number of nitrogens with zero attached hydrogens (tertiary/aromatic N) is 1. The van der Waals surface area contributed by atoms with Gasteiger partial charge in [0.1, 0.15) is 0 Å². The van der Waals surface area contributed by atoms with Gasteiger partial charge in [0.2, 0.25) is 0 Å². The second kappa shape index (κ2) is 2.77. The first-order valence-corrected chi connectivity index (χ1v) is 2.65. The monoisotopic (exact) mass is 166 g/mol. The fourth-order valence-corrected chi connectivity index (χ4v) is 0.270. The van der Waals surface area contributed by atoms with Crippen molar-refractivity contribution in [3.8, 4) is 0 Å². The molecule has 0 saturated carbocycles. The predicted octanol–water partition coefficient (Wildman–Crippen LogP) is -1.07. The number of nitrogens with two attached hydrogens (primary N) is 1. The summed E-state index contributed by atoms with van der Waals surface area (Å²) in [7, 11) is 1.57. The molecule has 0 fully saturated rings. The molecular formula is C3H6N2OSe. The van der Waals surface area contributed by atoms with E-state index in [9.17, 15) is 4.79 Å². The van der Waals surface area contributed by atoms with Gasteiger partial charge in [0.15, 0.2) is 0 Å². The van der Waals surface area contributed by atoms with Crippen LogP contribution in [-0.2, 0) is 0 Å². The van der Waals surface area contributed by atoms with E-state index in [-0.39, 0.29) is 0 Å². The van der Waals surface area contributed by atoms with Crippen molar-refractivity contribution < 1.29 is 4.79 Å². The van der Waals surface area contributed by atoms with E-state index in [1.165, 1.54) is 9.94 Å². The molecule has 0 rings (SSSR count). The van der Waals surface area contributed by atoms with Gasteiger partial charge in [-0.2, -0.15) is 0 Å². The number of carbonyl (C=O) groups is 1. The van der Waals surface area contributed by atoms with Gasteiger partial charge in [-0.3, -0.25) is 0 Å². The molecule has 2 amide bonds. The Morgan fingerprint density at radius 1 is 2.00 bits per heavy atom. The molecule has 0 heterocycles. The Balaban J connectivity index is 3.55. The second-order valence-corrected chi connectivity index (χ2v) is 1.50. The van der Waals surface area contributed by atoms with Crippen molar-refractivity contribution in [2.75, 3.05) is 7.05 Å². The van der Waals surface area contributed by atoms with Crippen LogP contribution in [0.15, 0.2) is 0 Å². The van der Waals surface area contributed by atoms with Gasteiger partial charge in [-0.1, -0.05) is 0 Å². The molecule has 0 unspecified atom stereocenters. The molecule has 0 aliphatic rings. The number of rotatable bonds is 1. The predicted molar refractivity (Wildman–Crippen MR) is 29.2 cm³/mol. The van der Waals surface area contributed by atoms with Gasteiger partial charge in [0, 0.05) is 0 Å². The summed E-state index contributed by atoms with van der Waals surface area (Å²) < 4.78 is 0. The van der Waals surface area contributed by atoms with Gasteiger partial charge in [0.25, 0.3) is 0 Å². The van der Waals surface area contributed by atoms with Crippen LogP contribution in [0.3, 0.4) is 0 Å². The Hall–Kier alpha value is -0.341. The summed E-state index contributed by atoms with van der Waals surface area (Å²) in [4.78, 5) is 11.3. The average molecular weight is 165 g/mol. The first-order chi connectivity index (χ1) is 3.18. The van der Waals surface area contributed by atoms with E-state index in [1.807, 2.05) is 0 Å². The average Bonchev–Trinajstić information content (AvgIpc) is 1.65. The molecule has 0 atom stereocenters. The number of amides is 2. The number of hydrogen-bond donors (Lipinski definition) is 1. The van der Waals surface area contributed by atoms with Gasteiger partial charge in [0.05, 0.1) is 0 Å². The van der Waals surface area contributed by atoms with Gasteiger partial charge in [-0.25, -0.2) is 0 Å². The van der Waals surface area contributed by atoms with Crippen molar-refractivity contribution in [1.82, 2.24) is 4.90 Å². The van der Waals surface area contributed by atoms with Gasteiger partial charge in [-0.15, -0.1) is 0 Å². The van der Waals surface area contributed by atoms with Gasteiger partial charge >= 0.3 is 49.1 Å².